The molecule has 1 amide bonds. The number of amides is 1. The van der Waals surface area contributed by atoms with Gasteiger partial charge in [-0.05, 0) is 62.1 Å². The molecule has 2 heterocycles. The highest BCUT2D eigenvalue weighted by molar-refractivity contribution is 8.26. The molecule has 0 atom stereocenters. The molecular weight excluding hydrogens is 454 g/mol. The van der Waals surface area contributed by atoms with Gasteiger partial charge in [0.15, 0.2) is 11.5 Å². The van der Waals surface area contributed by atoms with E-state index < -0.39 is 0 Å². The predicted molar refractivity (Wildman–Crippen MR) is 135 cm³/mol. The number of nitrogens with one attached hydrogen (secondary N) is 1. The molecule has 1 aliphatic heterocycles. The number of methoxy groups -OCH3 is 1. The van der Waals surface area contributed by atoms with Crippen molar-refractivity contribution in [1.29, 1.82) is 0 Å². The van der Waals surface area contributed by atoms with Gasteiger partial charge in [-0.3, -0.25) is 4.79 Å². The number of rotatable bonds is 6. The van der Waals surface area contributed by atoms with Gasteiger partial charge in [-0.25, -0.2) is 4.68 Å². The fourth-order valence-electron chi connectivity index (χ4n) is 4.09. The van der Waals surface area contributed by atoms with E-state index in [0.717, 1.165) is 35.3 Å². The lowest BCUT2D eigenvalue weighted by Crippen LogP contribution is -2.17. The molecule has 3 aromatic rings. The normalized spacial score (nSPS) is 17.5. The topological polar surface area (TPSA) is 65.4 Å². The molecule has 1 saturated carbocycles. The molecule has 1 aliphatic carbocycles. The van der Waals surface area contributed by atoms with Crippen molar-refractivity contribution in [2.45, 2.75) is 31.8 Å². The maximum Gasteiger partial charge on any atom is 0.263 e. The summed E-state index contributed by atoms with van der Waals surface area (Å²) < 4.78 is 14.1. The van der Waals surface area contributed by atoms with Crippen molar-refractivity contribution in [2.75, 3.05) is 7.11 Å². The van der Waals surface area contributed by atoms with Crippen LogP contribution in [0.3, 0.4) is 0 Å². The fraction of sp³-hybridized carbons (Fsp3) is 0.240. The minimum atomic E-state index is -0.191. The van der Waals surface area contributed by atoms with E-state index in [2.05, 4.69) is 5.32 Å². The summed E-state index contributed by atoms with van der Waals surface area (Å²) >= 11 is 6.41. The van der Waals surface area contributed by atoms with Crippen molar-refractivity contribution in [3.8, 4) is 28.4 Å². The molecule has 8 heteroatoms. The van der Waals surface area contributed by atoms with E-state index in [1.807, 2.05) is 65.5 Å². The SMILES string of the molecule is COc1ccc(-c2nn(-c3ccccc3)cc2/C=C2\SC(=S)NC2=O)cc1OC1CCCC1. The molecule has 0 spiro atoms. The van der Waals surface area contributed by atoms with Gasteiger partial charge in [0.2, 0.25) is 0 Å². The van der Waals surface area contributed by atoms with Crippen LogP contribution in [0.15, 0.2) is 59.6 Å². The molecule has 33 heavy (non-hydrogen) atoms. The zero-order valence-electron chi connectivity index (χ0n) is 18.1. The second kappa shape index (κ2) is 9.41. The third-order valence-electron chi connectivity index (χ3n) is 5.72. The first-order valence-corrected chi connectivity index (χ1v) is 12.1. The molecule has 5 rings (SSSR count). The minimum absolute atomic E-state index is 0.191. The Balaban J connectivity index is 1.59. The van der Waals surface area contributed by atoms with E-state index in [-0.39, 0.29) is 12.0 Å². The summed E-state index contributed by atoms with van der Waals surface area (Å²) in [6.07, 6.45) is 8.45. The average Bonchev–Trinajstić information content (AvgIpc) is 3.56. The van der Waals surface area contributed by atoms with Gasteiger partial charge >= 0.3 is 0 Å². The van der Waals surface area contributed by atoms with Crippen LogP contribution in [0.25, 0.3) is 23.0 Å². The third kappa shape index (κ3) is 4.67. The number of thioether (sulfide) groups is 1. The van der Waals surface area contributed by atoms with Crippen molar-refractivity contribution < 1.29 is 14.3 Å². The number of thiocarbonyl (C=S) groups is 1. The van der Waals surface area contributed by atoms with Gasteiger partial charge < -0.3 is 14.8 Å². The van der Waals surface area contributed by atoms with Crippen molar-refractivity contribution in [1.82, 2.24) is 15.1 Å². The maximum absolute atomic E-state index is 12.3. The van der Waals surface area contributed by atoms with E-state index in [1.165, 1.54) is 24.6 Å². The van der Waals surface area contributed by atoms with Crippen LogP contribution in [0, 0.1) is 0 Å². The number of carbonyl (C=O) groups is 1. The molecule has 2 aromatic carbocycles. The van der Waals surface area contributed by atoms with Crippen LogP contribution in [0.5, 0.6) is 11.5 Å². The number of hydrogen-bond donors (Lipinski definition) is 1. The Hall–Kier alpha value is -3.10. The number of nitrogens with zero attached hydrogens (tertiary/aromatic N) is 2. The number of benzene rings is 2. The summed E-state index contributed by atoms with van der Waals surface area (Å²) in [5, 5.41) is 7.54. The van der Waals surface area contributed by atoms with Gasteiger partial charge in [-0.2, -0.15) is 5.10 Å². The van der Waals surface area contributed by atoms with E-state index in [1.54, 1.807) is 7.11 Å². The number of hydrogen-bond acceptors (Lipinski definition) is 6. The summed E-state index contributed by atoms with van der Waals surface area (Å²) in [6.45, 7) is 0. The second-order valence-corrected chi connectivity index (χ2v) is 9.67. The third-order valence-corrected chi connectivity index (χ3v) is 6.89. The summed E-state index contributed by atoms with van der Waals surface area (Å²) in [5.74, 6) is 1.22. The van der Waals surface area contributed by atoms with Crippen molar-refractivity contribution in [3.63, 3.8) is 0 Å². The first kappa shape index (κ1) is 21.7. The highest BCUT2D eigenvalue weighted by Gasteiger charge is 2.24. The Kier molecular flexibility index (Phi) is 6.20. The van der Waals surface area contributed by atoms with Crippen molar-refractivity contribution in [3.05, 3.63) is 65.2 Å². The smallest absolute Gasteiger partial charge is 0.263 e. The highest BCUT2D eigenvalue weighted by atomic mass is 32.2. The minimum Gasteiger partial charge on any atom is -0.493 e. The van der Waals surface area contributed by atoms with Gasteiger partial charge in [0, 0.05) is 17.3 Å². The second-order valence-electron chi connectivity index (χ2n) is 7.96. The molecule has 1 aromatic heterocycles. The van der Waals surface area contributed by atoms with Gasteiger partial charge in [-0.1, -0.05) is 42.2 Å². The molecule has 1 saturated heterocycles. The Morgan fingerprint density at radius 2 is 1.94 bits per heavy atom. The first-order valence-electron chi connectivity index (χ1n) is 10.9. The lowest BCUT2D eigenvalue weighted by molar-refractivity contribution is -0.115. The zero-order chi connectivity index (χ0) is 22.8. The van der Waals surface area contributed by atoms with E-state index in [9.17, 15) is 4.79 Å². The van der Waals surface area contributed by atoms with Crippen molar-refractivity contribution in [2.24, 2.45) is 0 Å². The molecular formula is C25H23N3O3S2. The Bertz CT molecular complexity index is 1230. The monoisotopic (exact) mass is 477 g/mol. The van der Waals surface area contributed by atoms with Gasteiger partial charge in [0.25, 0.3) is 5.91 Å². The van der Waals surface area contributed by atoms with Crippen LogP contribution in [0.2, 0.25) is 0 Å². The fourth-order valence-corrected chi connectivity index (χ4v) is 5.13. The Morgan fingerprint density at radius 1 is 1.15 bits per heavy atom. The van der Waals surface area contributed by atoms with E-state index >= 15 is 0 Å². The van der Waals surface area contributed by atoms with E-state index in [4.69, 9.17) is 26.8 Å². The Morgan fingerprint density at radius 3 is 2.64 bits per heavy atom. The van der Waals surface area contributed by atoms with Gasteiger partial charge in [0.05, 0.1) is 23.8 Å². The lowest BCUT2D eigenvalue weighted by atomic mass is 10.1. The molecule has 0 radical (unpaired) electrons. The summed E-state index contributed by atoms with van der Waals surface area (Å²) in [6, 6.07) is 15.7. The van der Waals surface area contributed by atoms with Crippen LogP contribution >= 0.6 is 24.0 Å². The predicted octanol–water partition coefficient (Wildman–Crippen LogP) is 5.36. The summed E-state index contributed by atoms with van der Waals surface area (Å²) in [4.78, 5) is 12.8. The largest absolute Gasteiger partial charge is 0.493 e. The van der Waals surface area contributed by atoms with Gasteiger partial charge in [0.1, 0.15) is 10.0 Å². The first-order chi connectivity index (χ1) is 16.1. The molecule has 168 valence electrons. The lowest BCUT2D eigenvalue weighted by Gasteiger charge is -2.16. The summed E-state index contributed by atoms with van der Waals surface area (Å²) in [5.41, 5.74) is 3.38. The van der Waals surface area contributed by atoms with E-state index in [0.29, 0.717) is 20.7 Å². The number of carbonyl (C=O) groups excluding carboxylic acids is 1. The van der Waals surface area contributed by atoms with Crippen LogP contribution in [0.1, 0.15) is 31.2 Å². The highest BCUT2D eigenvalue weighted by Crippen LogP contribution is 2.37. The maximum atomic E-state index is 12.3. The zero-order valence-corrected chi connectivity index (χ0v) is 19.7. The van der Waals surface area contributed by atoms with Crippen LogP contribution in [-0.4, -0.2) is 33.2 Å². The van der Waals surface area contributed by atoms with Crippen molar-refractivity contribution >= 4 is 40.3 Å². The number of para-hydroxylation sites is 1. The molecule has 6 nitrogen and oxygen atoms in total. The summed E-state index contributed by atoms with van der Waals surface area (Å²) in [7, 11) is 1.65. The van der Waals surface area contributed by atoms with Crippen LogP contribution in [0.4, 0.5) is 0 Å². The van der Waals surface area contributed by atoms with Crippen LogP contribution in [-0.2, 0) is 4.79 Å². The average molecular weight is 478 g/mol. The number of aromatic nitrogens is 2. The van der Waals surface area contributed by atoms with Crippen LogP contribution < -0.4 is 14.8 Å². The molecule has 0 unspecified atom stereocenters. The molecule has 0 bridgehead atoms. The quantitative estimate of drug-likeness (QED) is 0.381. The molecule has 2 fully saturated rings. The van der Waals surface area contributed by atoms with Gasteiger partial charge in [-0.15, -0.1) is 0 Å². The number of ether oxygens (including phenoxy) is 2. The molecule has 1 N–H and O–H groups in total. The standard InChI is InChI=1S/C25H23N3O3S2/c1-30-20-12-11-16(13-21(20)31-19-9-5-6-10-19)23-17(14-22-24(29)26-25(32)33-22)15-28(27-23)18-7-3-2-4-8-18/h2-4,7-8,11-15,19H,5-6,9-10H2,1H3,(H,26,29,32)/b22-14-. The molecule has 2 aliphatic rings. The Labute approximate surface area is 202 Å².